The highest BCUT2D eigenvalue weighted by Crippen LogP contribution is 2.31. The minimum absolute atomic E-state index is 0.0532. The molecule has 0 unspecified atom stereocenters. The second-order valence-corrected chi connectivity index (χ2v) is 7.38. The van der Waals surface area contributed by atoms with Crippen LogP contribution in [0.1, 0.15) is 11.1 Å². The fourth-order valence-corrected chi connectivity index (χ4v) is 3.84. The molecule has 7 heteroatoms. The summed E-state index contributed by atoms with van der Waals surface area (Å²) < 4.78 is 38.5. The number of hydrogen-bond acceptors (Lipinski definition) is 5. The number of anilines is 1. The molecule has 0 aliphatic heterocycles. The molecular weight excluding hydrogens is 340 g/mol. The Kier molecular flexibility index (Phi) is 4.50. The van der Waals surface area contributed by atoms with Crippen molar-refractivity contribution in [3.8, 4) is 17.1 Å². The van der Waals surface area contributed by atoms with E-state index in [-0.39, 0.29) is 10.6 Å². The summed E-state index contributed by atoms with van der Waals surface area (Å²) in [6.07, 6.45) is 1.52. The summed E-state index contributed by atoms with van der Waals surface area (Å²) in [5, 5.41) is 3.65. The minimum Gasteiger partial charge on any atom is -0.495 e. The number of methoxy groups -OCH3 is 1. The number of ether oxygens (including phenoxy) is 1. The zero-order valence-corrected chi connectivity index (χ0v) is 14.9. The highest BCUT2D eigenvalue weighted by Gasteiger charge is 2.21. The third kappa shape index (κ3) is 3.66. The van der Waals surface area contributed by atoms with E-state index in [9.17, 15) is 8.42 Å². The van der Waals surface area contributed by atoms with Gasteiger partial charge < -0.3 is 9.26 Å². The predicted octanol–water partition coefficient (Wildman–Crippen LogP) is 3.77. The van der Waals surface area contributed by atoms with Gasteiger partial charge in [-0.3, -0.25) is 4.72 Å². The molecule has 0 bridgehead atoms. The molecule has 0 atom stereocenters. The summed E-state index contributed by atoms with van der Waals surface area (Å²) in [6, 6.07) is 12.0. The Labute approximate surface area is 146 Å². The Morgan fingerprint density at radius 2 is 1.76 bits per heavy atom. The molecule has 25 heavy (non-hydrogen) atoms. The van der Waals surface area contributed by atoms with E-state index in [2.05, 4.69) is 9.88 Å². The first kappa shape index (κ1) is 17.0. The second kappa shape index (κ2) is 6.60. The summed E-state index contributed by atoms with van der Waals surface area (Å²) in [4.78, 5) is 0.0532. The standard InChI is InChI=1S/C18H18N2O4S/c1-12-8-13(2)10-15(9-12)20-25(21,22)18-5-4-14(11-17(18)23-3)16-6-7-19-24-16/h4-11,20H,1-3H3. The van der Waals surface area contributed by atoms with Gasteiger partial charge in [0.1, 0.15) is 10.6 Å². The number of nitrogens with zero attached hydrogens (tertiary/aromatic N) is 1. The molecule has 3 aromatic rings. The number of hydrogen-bond donors (Lipinski definition) is 1. The van der Waals surface area contributed by atoms with Gasteiger partial charge in [0.15, 0.2) is 5.76 Å². The first-order valence-corrected chi connectivity index (χ1v) is 9.07. The lowest BCUT2D eigenvalue weighted by Crippen LogP contribution is -2.14. The molecule has 0 aliphatic carbocycles. The summed E-state index contributed by atoms with van der Waals surface area (Å²) in [5.74, 6) is 0.760. The Balaban J connectivity index is 1.99. The maximum absolute atomic E-state index is 12.8. The number of aromatic nitrogens is 1. The lowest BCUT2D eigenvalue weighted by atomic mass is 10.1. The van der Waals surface area contributed by atoms with Gasteiger partial charge >= 0.3 is 0 Å². The first-order chi connectivity index (χ1) is 11.9. The molecule has 0 radical (unpaired) electrons. The molecule has 1 N–H and O–H groups in total. The van der Waals surface area contributed by atoms with Crippen LogP contribution in [0.15, 0.2) is 58.1 Å². The number of benzene rings is 2. The van der Waals surface area contributed by atoms with Gasteiger partial charge in [-0.15, -0.1) is 0 Å². The van der Waals surface area contributed by atoms with Crippen LogP contribution >= 0.6 is 0 Å². The summed E-state index contributed by atoms with van der Waals surface area (Å²) in [5.41, 5.74) is 3.15. The van der Waals surface area contributed by atoms with Crippen LogP contribution in [0, 0.1) is 13.8 Å². The Bertz CT molecular complexity index is 976. The highest BCUT2D eigenvalue weighted by molar-refractivity contribution is 7.92. The number of nitrogens with one attached hydrogen (secondary N) is 1. The molecule has 3 rings (SSSR count). The lowest BCUT2D eigenvalue weighted by Gasteiger charge is -2.13. The topological polar surface area (TPSA) is 81.4 Å². The third-order valence-corrected chi connectivity index (χ3v) is 5.07. The van der Waals surface area contributed by atoms with Crippen molar-refractivity contribution in [3.05, 3.63) is 59.8 Å². The number of rotatable bonds is 5. The van der Waals surface area contributed by atoms with E-state index >= 15 is 0 Å². The fourth-order valence-electron chi connectivity index (χ4n) is 2.65. The van der Waals surface area contributed by atoms with Gasteiger partial charge in [-0.1, -0.05) is 11.2 Å². The molecule has 0 amide bonds. The highest BCUT2D eigenvalue weighted by atomic mass is 32.2. The molecule has 0 fully saturated rings. The Morgan fingerprint density at radius 3 is 2.36 bits per heavy atom. The van der Waals surface area contributed by atoms with E-state index in [1.54, 1.807) is 30.3 Å². The summed E-state index contributed by atoms with van der Waals surface area (Å²) in [6.45, 7) is 3.83. The average Bonchev–Trinajstić information content (AvgIpc) is 3.07. The first-order valence-electron chi connectivity index (χ1n) is 7.59. The maximum atomic E-state index is 12.8. The number of sulfonamides is 1. The molecule has 130 valence electrons. The Hall–Kier alpha value is -2.80. The third-order valence-electron chi connectivity index (χ3n) is 3.65. The van der Waals surface area contributed by atoms with Crippen LogP contribution in [0.4, 0.5) is 5.69 Å². The van der Waals surface area contributed by atoms with Crippen LogP contribution in [0.5, 0.6) is 5.75 Å². The van der Waals surface area contributed by atoms with E-state index in [1.165, 1.54) is 19.4 Å². The minimum atomic E-state index is -3.80. The lowest BCUT2D eigenvalue weighted by molar-refractivity contribution is 0.402. The molecule has 2 aromatic carbocycles. The van der Waals surface area contributed by atoms with Gasteiger partial charge in [-0.25, -0.2) is 8.42 Å². The van der Waals surface area contributed by atoms with Crippen LogP contribution in [0.2, 0.25) is 0 Å². The van der Waals surface area contributed by atoms with Gasteiger partial charge in [0.25, 0.3) is 10.0 Å². The molecule has 1 heterocycles. The van der Waals surface area contributed by atoms with E-state index in [1.807, 2.05) is 19.9 Å². The molecule has 0 aliphatic rings. The van der Waals surface area contributed by atoms with Gasteiger partial charge in [0.05, 0.1) is 13.3 Å². The van der Waals surface area contributed by atoms with Gasteiger partial charge in [0, 0.05) is 17.3 Å². The monoisotopic (exact) mass is 358 g/mol. The normalized spacial score (nSPS) is 11.3. The van der Waals surface area contributed by atoms with Crippen LogP contribution < -0.4 is 9.46 Å². The molecule has 0 saturated carbocycles. The van der Waals surface area contributed by atoms with Crippen LogP contribution in [0.25, 0.3) is 11.3 Å². The molecular formula is C18H18N2O4S. The zero-order chi connectivity index (χ0) is 18.0. The van der Waals surface area contributed by atoms with Gasteiger partial charge in [0.2, 0.25) is 0 Å². The Morgan fingerprint density at radius 1 is 1.04 bits per heavy atom. The van der Waals surface area contributed by atoms with Crippen molar-refractivity contribution >= 4 is 15.7 Å². The van der Waals surface area contributed by atoms with E-state index in [0.717, 1.165) is 11.1 Å². The van der Waals surface area contributed by atoms with Crippen molar-refractivity contribution in [2.24, 2.45) is 0 Å². The molecule has 6 nitrogen and oxygen atoms in total. The zero-order valence-electron chi connectivity index (χ0n) is 14.1. The van der Waals surface area contributed by atoms with Crippen molar-refractivity contribution in [2.75, 3.05) is 11.8 Å². The van der Waals surface area contributed by atoms with Crippen molar-refractivity contribution in [2.45, 2.75) is 18.7 Å². The fraction of sp³-hybridized carbons (Fsp3) is 0.167. The average molecular weight is 358 g/mol. The summed E-state index contributed by atoms with van der Waals surface area (Å²) in [7, 11) is -2.37. The van der Waals surface area contributed by atoms with Crippen LogP contribution in [-0.2, 0) is 10.0 Å². The smallest absolute Gasteiger partial charge is 0.265 e. The van der Waals surface area contributed by atoms with Crippen LogP contribution in [0.3, 0.4) is 0 Å². The molecule has 0 spiro atoms. The van der Waals surface area contributed by atoms with Crippen molar-refractivity contribution in [1.29, 1.82) is 0 Å². The van der Waals surface area contributed by atoms with Gasteiger partial charge in [-0.2, -0.15) is 0 Å². The van der Waals surface area contributed by atoms with Crippen LogP contribution in [-0.4, -0.2) is 20.7 Å². The van der Waals surface area contributed by atoms with Crippen molar-refractivity contribution in [1.82, 2.24) is 5.16 Å². The molecule has 0 saturated heterocycles. The maximum Gasteiger partial charge on any atom is 0.265 e. The largest absolute Gasteiger partial charge is 0.495 e. The summed E-state index contributed by atoms with van der Waals surface area (Å²) >= 11 is 0. The SMILES string of the molecule is COc1cc(-c2ccno2)ccc1S(=O)(=O)Nc1cc(C)cc(C)c1. The van der Waals surface area contributed by atoms with Crippen molar-refractivity contribution in [3.63, 3.8) is 0 Å². The van der Waals surface area contributed by atoms with Gasteiger partial charge in [-0.05, 0) is 55.3 Å². The number of aryl methyl sites for hydroxylation is 2. The second-order valence-electron chi connectivity index (χ2n) is 5.72. The van der Waals surface area contributed by atoms with E-state index < -0.39 is 10.0 Å². The van der Waals surface area contributed by atoms with E-state index in [0.29, 0.717) is 17.0 Å². The molecule has 1 aromatic heterocycles. The quantitative estimate of drug-likeness (QED) is 0.751. The van der Waals surface area contributed by atoms with Crippen molar-refractivity contribution < 1.29 is 17.7 Å². The predicted molar refractivity (Wildman–Crippen MR) is 95.2 cm³/mol. The van der Waals surface area contributed by atoms with E-state index in [4.69, 9.17) is 9.26 Å².